The predicted octanol–water partition coefficient (Wildman–Crippen LogP) is 4.17. The number of nitrogens with two attached hydrogens (primary N) is 1. The summed E-state index contributed by atoms with van der Waals surface area (Å²) < 4.78 is 0. The van der Waals surface area contributed by atoms with E-state index in [1.807, 2.05) is 0 Å². The van der Waals surface area contributed by atoms with E-state index < -0.39 is 0 Å². The van der Waals surface area contributed by atoms with Crippen molar-refractivity contribution in [3.63, 3.8) is 0 Å². The molecule has 23 heavy (non-hydrogen) atoms. The SMILES string of the molecule is CCCCN(C)CCCc1ccc(N2CCC(C)CC2)c(N)c1. The van der Waals surface area contributed by atoms with Crippen molar-refractivity contribution in [2.45, 2.75) is 52.4 Å². The third-order valence-electron chi connectivity index (χ3n) is 5.11. The maximum absolute atomic E-state index is 6.33. The van der Waals surface area contributed by atoms with Crippen LogP contribution in [0.2, 0.25) is 0 Å². The molecule has 1 aromatic rings. The van der Waals surface area contributed by atoms with Gasteiger partial charge in [-0.2, -0.15) is 0 Å². The Morgan fingerprint density at radius 2 is 1.87 bits per heavy atom. The number of nitrogen functional groups attached to an aromatic ring is 1. The Morgan fingerprint density at radius 3 is 2.52 bits per heavy atom. The molecule has 0 spiro atoms. The van der Waals surface area contributed by atoms with Crippen molar-refractivity contribution in [2.75, 3.05) is 43.9 Å². The van der Waals surface area contributed by atoms with Crippen LogP contribution in [-0.4, -0.2) is 38.1 Å². The molecule has 2 N–H and O–H groups in total. The molecule has 0 bridgehead atoms. The minimum absolute atomic E-state index is 0.858. The number of rotatable bonds is 8. The lowest BCUT2D eigenvalue weighted by Crippen LogP contribution is -2.33. The van der Waals surface area contributed by atoms with Crippen LogP contribution in [0.3, 0.4) is 0 Å². The van der Waals surface area contributed by atoms with Gasteiger partial charge in [-0.3, -0.25) is 0 Å². The van der Waals surface area contributed by atoms with Gasteiger partial charge in [0, 0.05) is 13.1 Å². The van der Waals surface area contributed by atoms with Crippen molar-refractivity contribution in [3.05, 3.63) is 23.8 Å². The van der Waals surface area contributed by atoms with Crippen LogP contribution >= 0.6 is 0 Å². The molecule has 0 radical (unpaired) electrons. The highest BCUT2D eigenvalue weighted by Gasteiger charge is 2.17. The van der Waals surface area contributed by atoms with Gasteiger partial charge in [-0.1, -0.05) is 26.3 Å². The average Bonchev–Trinajstić information content (AvgIpc) is 2.54. The lowest BCUT2D eigenvalue weighted by molar-refractivity contribution is 0.324. The number of hydrogen-bond acceptors (Lipinski definition) is 3. The molecule has 1 saturated heterocycles. The van der Waals surface area contributed by atoms with E-state index in [1.54, 1.807) is 0 Å². The van der Waals surface area contributed by atoms with E-state index in [4.69, 9.17) is 5.73 Å². The van der Waals surface area contributed by atoms with Crippen molar-refractivity contribution in [2.24, 2.45) is 5.92 Å². The summed E-state index contributed by atoms with van der Waals surface area (Å²) in [7, 11) is 2.23. The molecule has 2 rings (SSSR count). The summed E-state index contributed by atoms with van der Waals surface area (Å²) in [6.07, 6.45) is 7.47. The van der Waals surface area contributed by atoms with E-state index >= 15 is 0 Å². The summed E-state index contributed by atoms with van der Waals surface area (Å²) in [5.41, 5.74) is 9.90. The Labute approximate surface area is 142 Å². The first-order valence-corrected chi connectivity index (χ1v) is 9.42. The van der Waals surface area contributed by atoms with Gasteiger partial charge in [0.15, 0.2) is 0 Å². The Kier molecular flexibility index (Phi) is 7.22. The largest absolute Gasteiger partial charge is 0.397 e. The fourth-order valence-corrected chi connectivity index (χ4v) is 3.39. The monoisotopic (exact) mass is 317 g/mol. The fourth-order valence-electron chi connectivity index (χ4n) is 3.39. The van der Waals surface area contributed by atoms with Gasteiger partial charge >= 0.3 is 0 Å². The van der Waals surface area contributed by atoms with Crippen molar-refractivity contribution in [1.82, 2.24) is 4.90 Å². The van der Waals surface area contributed by atoms with Gasteiger partial charge in [0.2, 0.25) is 0 Å². The van der Waals surface area contributed by atoms with Crippen LogP contribution in [0.4, 0.5) is 11.4 Å². The van der Waals surface area contributed by atoms with Crippen LogP contribution in [0.15, 0.2) is 18.2 Å². The number of hydrogen-bond donors (Lipinski definition) is 1. The van der Waals surface area contributed by atoms with Gasteiger partial charge < -0.3 is 15.5 Å². The molecule has 0 atom stereocenters. The average molecular weight is 318 g/mol. The van der Waals surface area contributed by atoms with Crippen LogP contribution < -0.4 is 10.6 Å². The molecule has 1 aliphatic rings. The minimum atomic E-state index is 0.858. The molecule has 1 heterocycles. The smallest absolute Gasteiger partial charge is 0.0600 e. The van der Waals surface area contributed by atoms with Gasteiger partial charge in [0.05, 0.1) is 11.4 Å². The number of aryl methyl sites for hydroxylation is 1. The summed E-state index contributed by atoms with van der Waals surface area (Å²) in [4.78, 5) is 4.90. The quantitative estimate of drug-likeness (QED) is 0.730. The number of piperidine rings is 1. The van der Waals surface area contributed by atoms with Crippen molar-refractivity contribution in [1.29, 1.82) is 0 Å². The maximum Gasteiger partial charge on any atom is 0.0600 e. The summed E-state index contributed by atoms with van der Waals surface area (Å²) in [6, 6.07) is 6.70. The standard InChI is InChI=1S/C20H35N3/c1-4-5-12-22(3)13-6-7-18-8-9-20(19(21)16-18)23-14-10-17(2)11-15-23/h8-9,16-17H,4-7,10-15,21H2,1-3H3. The van der Waals surface area contributed by atoms with Crippen LogP contribution in [0.1, 0.15) is 51.5 Å². The van der Waals surface area contributed by atoms with Gasteiger partial charge in [-0.15, -0.1) is 0 Å². The number of unbranched alkanes of at least 4 members (excludes halogenated alkanes) is 1. The van der Waals surface area contributed by atoms with Crippen LogP contribution in [0, 0.1) is 5.92 Å². The van der Waals surface area contributed by atoms with Crippen LogP contribution in [0.5, 0.6) is 0 Å². The number of nitrogens with zero attached hydrogens (tertiary/aromatic N) is 2. The molecule has 3 nitrogen and oxygen atoms in total. The van der Waals surface area contributed by atoms with Gasteiger partial charge in [0.25, 0.3) is 0 Å². The van der Waals surface area contributed by atoms with E-state index in [2.05, 4.69) is 48.9 Å². The molecule has 0 amide bonds. The zero-order valence-electron chi connectivity index (χ0n) is 15.4. The summed E-state index contributed by atoms with van der Waals surface area (Å²) in [5, 5.41) is 0. The topological polar surface area (TPSA) is 32.5 Å². The first-order chi connectivity index (χ1) is 11.1. The first kappa shape index (κ1) is 18.1. The molecule has 0 saturated carbocycles. The van der Waals surface area contributed by atoms with Crippen LogP contribution in [-0.2, 0) is 6.42 Å². The molecular weight excluding hydrogens is 282 g/mol. The predicted molar refractivity (Wildman–Crippen MR) is 102 cm³/mol. The van der Waals surface area contributed by atoms with Gasteiger partial charge in [-0.25, -0.2) is 0 Å². The molecule has 1 aromatic carbocycles. The second kappa shape index (κ2) is 9.17. The molecule has 1 fully saturated rings. The Bertz CT molecular complexity index is 464. The highest BCUT2D eigenvalue weighted by Crippen LogP contribution is 2.29. The summed E-state index contributed by atoms with van der Waals surface area (Å²) in [5.74, 6) is 0.858. The van der Waals surface area contributed by atoms with E-state index in [-0.39, 0.29) is 0 Å². The van der Waals surface area contributed by atoms with Gasteiger partial charge in [-0.05, 0) is 75.9 Å². The second-order valence-corrected chi connectivity index (χ2v) is 7.32. The highest BCUT2D eigenvalue weighted by atomic mass is 15.1. The lowest BCUT2D eigenvalue weighted by atomic mass is 9.98. The first-order valence-electron chi connectivity index (χ1n) is 9.42. The maximum atomic E-state index is 6.33. The van der Waals surface area contributed by atoms with E-state index in [1.165, 1.54) is 56.4 Å². The van der Waals surface area contributed by atoms with Crippen molar-refractivity contribution < 1.29 is 0 Å². The second-order valence-electron chi connectivity index (χ2n) is 7.32. The molecular formula is C20H35N3. The fraction of sp³-hybridized carbons (Fsp3) is 0.700. The Hall–Kier alpha value is -1.22. The van der Waals surface area contributed by atoms with E-state index in [0.29, 0.717) is 0 Å². The molecule has 130 valence electrons. The van der Waals surface area contributed by atoms with E-state index in [0.717, 1.165) is 31.1 Å². The zero-order chi connectivity index (χ0) is 16.7. The summed E-state index contributed by atoms with van der Waals surface area (Å²) >= 11 is 0. The third-order valence-corrected chi connectivity index (χ3v) is 5.11. The zero-order valence-corrected chi connectivity index (χ0v) is 15.4. The van der Waals surface area contributed by atoms with Crippen molar-refractivity contribution in [3.8, 4) is 0 Å². The number of benzene rings is 1. The van der Waals surface area contributed by atoms with Crippen LogP contribution in [0.25, 0.3) is 0 Å². The third kappa shape index (κ3) is 5.72. The van der Waals surface area contributed by atoms with E-state index in [9.17, 15) is 0 Å². The van der Waals surface area contributed by atoms with Crippen molar-refractivity contribution >= 4 is 11.4 Å². The Balaban J connectivity index is 1.82. The molecule has 1 aliphatic heterocycles. The molecule has 0 aromatic heterocycles. The normalized spacial score (nSPS) is 16.3. The van der Waals surface area contributed by atoms with Gasteiger partial charge in [0.1, 0.15) is 0 Å². The molecule has 3 heteroatoms. The Morgan fingerprint density at radius 1 is 1.17 bits per heavy atom. The highest BCUT2D eigenvalue weighted by molar-refractivity contribution is 5.68. The molecule has 0 aliphatic carbocycles. The summed E-state index contributed by atoms with van der Waals surface area (Å²) in [6.45, 7) is 9.28. The minimum Gasteiger partial charge on any atom is -0.397 e. The molecule has 0 unspecified atom stereocenters. The lowest BCUT2D eigenvalue weighted by Gasteiger charge is -2.33. The number of anilines is 2.